The number of carboxylic acid groups (broad SMARTS) is 1. The highest BCUT2D eigenvalue weighted by Gasteiger charge is 2.51. The number of nitrogens with zero attached hydrogens (tertiary/aromatic N) is 3. The number of carbonyl (C=O) groups excluding carboxylic acids is 1. The summed E-state index contributed by atoms with van der Waals surface area (Å²) in [6.07, 6.45) is 1.84. The molecule has 0 unspecified atom stereocenters. The zero-order valence-corrected chi connectivity index (χ0v) is 17.5. The number of aliphatic carboxylic acids is 1. The predicted octanol–water partition coefficient (Wildman–Crippen LogP) is 3.74. The van der Waals surface area contributed by atoms with Crippen LogP contribution >= 0.6 is 0 Å². The average Bonchev–Trinajstić information content (AvgIpc) is 3.30. The SMILES string of the molecule is Cc1ccc(C(=O)N2C[C@H]3CCC[C@@]3(COc3ccccn3)C2)cn1.O=C(O)C(F)(F)F. The van der Waals surface area contributed by atoms with Crippen LogP contribution in [-0.2, 0) is 4.79 Å². The van der Waals surface area contributed by atoms with Gasteiger partial charge in [0.1, 0.15) is 0 Å². The van der Waals surface area contributed by atoms with Crippen LogP contribution in [0.15, 0.2) is 42.7 Å². The van der Waals surface area contributed by atoms with Crippen LogP contribution in [0.1, 0.15) is 35.3 Å². The number of halogens is 3. The van der Waals surface area contributed by atoms with Gasteiger partial charge in [-0.25, -0.2) is 9.78 Å². The molecule has 10 heteroatoms. The molecule has 1 saturated heterocycles. The summed E-state index contributed by atoms with van der Waals surface area (Å²) < 4.78 is 37.7. The van der Waals surface area contributed by atoms with Crippen molar-refractivity contribution >= 4 is 11.9 Å². The molecule has 1 aliphatic heterocycles. The van der Waals surface area contributed by atoms with E-state index >= 15 is 0 Å². The van der Waals surface area contributed by atoms with Crippen molar-refractivity contribution in [2.75, 3.05) is 19.7 Å². The number of rotatable bonds is 4. The third-order valence-electron chi connectivity index (χ3n) is 5.87. The highest BCUT2D eigenvalue weighted by atomic mass is 19.4. The summed E-state index contributed by atoms with van der Waals surface area (Å²) in [5, 5.41) is 7.12. The molecule has 3 heterocycles. The van der Waals surface area contributed by atoms with E-state index in [1.54, 1.807) is 12.4 Å². The van der Waals surface area contributed by atoms with Gasteiger partial charge in [0.05, 0.1) is 12.2 Å². The minimum Gasteiger partial charge on any atom is -0.477 e. The summed E-state index contributed by atoms with van der Waals surface area (Å²) in [4.78, 5) is 32.2. The first-order valence-electron chi connectivity index (χ1n) is 10.2. The molecule has 0 bridgehead atoms. The number of alkyl halides is 3. The number of likely N-dealkylation sites (tertiary alicyclic amines) is 1. The van der Waals surface area contributed by atoms with Gasteiger partial charge in [0, 0.05) is 42.7 Å². The Morgan fingerprint density at radius 1 is 1.25 bits per heavy atom. The molecule has 4 rings (SSSR count). The molecule has 0 radical (unpaired) electrons. The second-order valence-electron chi connectivity index (χ2n) is 8.09. The van der Waals surface area contributed by atoms with Gasteiger partial charge in [0.25, 0.3) is 5.91 Å². The van der Waals surface area contributed by atoms with Crippen molar-refractivity contribution in [3.05, 3.63) is 54.0 Å². The lowest BCUT2D eigenvalue weighted by molar-refractivity contribution is -0.192. The van der Waals surface area contributed by atoms with Crippen LogP contribution in [0.2, 0.25) is 0 Å². The second kappa shape index (κ2) is 9.54. The molecule has 2 aliphatic rings. The van der Waals surface area contributed by atoms with Gasteiger partial charge in [0.15, 0.2) is 0 Å². The van der Waals surface area contributed by atoms with E-state index in [1.807, 2.05) is 42.2 Å². The molecule has 7 nitrogen and oxygen atoms in total. The molecular formula is C22H24F3N3O4. The Labute approximate surface area is 183 Å². The van der Waals surface area contributed by atoms with Crippen LogP contribution in [0.4, 0.5) is 13.2 Å². The Morgan fingerprint density at radius 3 is 2.59 bits per heavy atom. The van der Waals surface area contributed by atoms with Crippen LogP contribution in [-0.4, -0.2) is 57.7 Å². The molecule has 1 aliphatic carbocycles. The Kier molecular flexibility index (Phi) is 7.00. The molecule has 2 fully saturated rings. The number of carbonyl (C=O) groups is 2. The van der Waals surface area contributed by atoms with Crippen LogP contribution in [0.5, 0.6) is 5.88 Å². The lowest BCUT2D eigenvalue weighted by atomic mass is 9.81. The number of hydrogen-bond donors (Lipinski definition) is 1. The summed E-state index contributed by atoms with van der Waals surface area (Å²) in [6, 6.07) is 9.46. The monoisotopic (exact) mass is 451 g/mol. The van der Waals surface area contributed by atoms with E-state index in [1.165, 1.54) is 12.8 Å². The molecule has 2 atom stereocenters. The van der Waals surface area contributed by atoms with E-state index in [4.69, 9.17) is 14.6 Å². The van der Waals surface area contributed by atoms with Gasteiger partial charge in [-0.05, 0) is 43.9 Å². The first-order valence-corrected chi connectivity index (χ1v) is 10.2. The van der Waals surface area contributed by atoms with Crippen molar-refractivity contribution < 1.29 is 32.6 Å². The van der Waals surface area contributed by atoms with Crippen LogP contribution < -0.4 is 4.74 Å². The Hall–Kier alpha value is -3.17. The highest BCUT2D eigenvalue weighted by molar-refractivity contribution is 5.94. The van der Waals surface area contributed by atoms with E-state index in [0.717, 1.165) is 25.2 Å². The van der Waals surface area contributed by atoms with Crippen molar-refractivity contribution in [3.8, 4) is 5.88 Å². The number of aryl methyl sites for hydroxylation is 1. The second-order valence-corrected chi connectivity index (χ2v) is 8.09. The summed E-state index contributed by atoms with van der Waals surface area (Å²) in [7, 11) is 0. The number of hydrogen-bond acceptors (Lipinski definition) is 5. The molecule has 0 aromatic carbocycles. The van der Waals surface area contributed by atoms with Crippen LogP contribution in [0, 0.1) is 18.3 Å². The normalized spacial score (nSPS) is 22.0. The smallest absolute Gasteiger partial charge is 0.477 e. The maximum atomic E-state index is 12.8. The van der Waals surface area contributed by atoms with Crippen molar-refractivity contribution in [1.82, 2.24) is 14.9 Å². The Bertz CT molecular complexity index is 938. The standard InChI is InChI=1S/C20H23N3O2.C2HF3O2/c1-15-7-8-16(11-22-15)19(24)23-12-17-5-4-9-20(17,13-23)14-25-18-6-2-3-10-21-18;3-2(4,5)1(6)7/h2-3,6-8,10-11,17H,4-5,9,12-14H2,1H3;(H,6,7)/t17-,20+;/m1./s1. The van der Waals surface area contributed by atoms with E-state index in [2.05, 4.69) is 9.97 Å². The molecule has 172 valence electrons. The molecule has 0 spiro atoms. The molecule has 2 aromatic heterocycles. The van der Waals surface area contributed by atoms with Gasteiger partial charge in [-0.3, -0.25) is 9.78 Å². The molecule has 1 N–H and O–H groups in total. The van der Waals surface area contributed by atoms with Crippen LogP contribution in [0.3, 0.4) is 0 Å². The van der Waals surface area contributed by atoms with Gasteiger partial charge >= 0.3 is 12.1 Å². The summed E-state index contributed by atoms with van der Waals surface area (Å²) in [5.74, 6) is -1.50. The predicted molar refractivity (Wildman–Crippen MR) is 108 cm³/mol. The fraction of sp³-hybridized carbons (Fsp3) is 0.455. The lowest BCUT2D eigenvalue weighted by Crippen LogP contribution is -2.35. The molecule has 1 amide bonds. The zero-order chi connectivity index (χ0) is 23.4. The van der Waals surface area contributed by atoms with Crippen molar-refractivity contribution in [1.29, 1.82) is 0 Å². The summed E-state index contributed by atoms with van der Waals surface area (Å²) >= 11 is 0. The van der Waals surface area contributed by atoms with E-state index in [9.17, 15) is 18.0 Å². The van der Waals surface area contributed by atoms with Crippen molar-refractivity contribution in [3.63, 3.8) is 0 Å². The maximum absolute atomic E-state index is 12.8. The van der Waals surface area contributed by atoms with E-state index < -0.39 is 12.1 Å². The Morgan fingerprint density at radius 2 is 2.00 bits per heavy atom. The van der Waals surface area contributed by atoms with Gasteiger partial charge < -0.3 is 14.7 Å². The number of pyridine rings is 2. The zero-order valence-electron chi connectivity index (χ0n) is 17.5. The highest BCUT2D eigenvalue weighted by Crippen LogP contribution is 2.49. The number of fused-ring (bicyclic) bond motifs is 1. The van der Waals surface area contributed by atoms with E-state index in [-0.39, 0.29) is 11.3 Å². The molecule has 1 saturated carbocycles. The summed E-state index contributed by atoms with van der Waals surface area (Å²) in [6.45, 7) is 4.14. The Balaban J connectivity index is 0.000000360. The first-order chi connectivity index (χ1) is 15.1. The lowest BCUT2D eigenvalue weighted by Gasteiger charge is -2.28. The molecular weight excluding hydrogens is 427 g/mol. The fourth-order valence-corrected chi connectivity index (χ4v) is 4.23. The molecule has 32 heavy (non-hydrogen) atoms. The number of amides is 1. The third-order valence-corrected chi connectivity index (χ3v) is 5.87. The average molecular weight is 451 g/mol. The van der Waals surface area contributed by atoms with Gasteiger partial charge in [-0.2, -0.15) is 13.2 Å². The van der Waals surface area contributed by atoms with Gasteiger partial charge in [-0.15, -0.1) is 0 Å². The van der Waals surface area contributed by atoms with Crippen molar-refractivity contribution in [2.45, 2.75) is 32.4 Å². The number of carboxylic acids is 1. The minimum atomic E-state index is -5.08. The fourth-order valence-electron chi connectivity index (χ4n) is 4.23. The van der Waals surface area contributed by atoms with Crippen molar-refractivity contribution in [2.24, 2.45) is 11.3 Å². The van der Waals surface area contributed by atoms with Gasteiger partial charge in [0.2, 0.25) is 5.88 Å². The summed E-state index contributed by atoms with van der Waals surface area (Å²) in [5.41, 5.74) is 1.66. The van der Waals surface area contributed by atoms with E-state index in [0.29, 0.717) is 24.0 Å². The minimum absolute atomic E-state index is 0.0608. The third kappa shape index (κ3) is 5.54. The molecule has 2 aromatic rings. The van der Waals surface area contributed by atoms with Gasteiger partial charge in [-0.1, -0.05) is 12.5 Å². The quantitative estimate of drug-likeness (QED) is 0.762. The maximum Gasteiger partial charge on any atom is 0.490 e. The first kappa shape index (κ1) is 23.5. The largest absolute Gasteiger partial charge is 0.490 e. The number of aromatic nitrogens is 2. The van der Waals surface area contributed by atoms with Crippen LogP contribution in [0.25, 0.3) is 0 Å². The number of ether oxygens (including phenoxy) is 1. The topological polar surface area (TPSA) is 92.6 Å².